The fraction of sp³-hybridized carbons (Fsp3) is 0.538. The Morgan fingerprint density at radius 3 is 2.67 bits per heavy atom. The normalized spacial score (nSPS) is 16.4. The number of aromatic amines is 1. The van der Waals surface area contributed by atoms with Crippen LogP contribution in [0.15, 0.2) is 6.33 Å². The van der Waals surface area contributed by atoms with Crippen molar-refractivity contribution in [2.75, 3.05) is 6.61 Å². The van der Waals surface area contributed by atoms with Crippen molar-refractivity contribution in [1.29, 1.82) is 0 Å². The molecular weight excluding hydrogens is 276 g/mol. The van der Waals surface area contributed by atoms with Crippen molar-refractivity contribution < 1.29 is 19.1 Å². The van der Waals surface area contributed by atoms with E-state index in [1.54, 1.807) is 6.92 Å². The molecule has 4 N–H and O–H groups in total. The molecule has 1 aromatic rings. The number of hydrogen-bond donors (Lipinski definition) is 3. The number of imidazole rings is 1. The van der Waals surface area contributed by atoms with E-state index in [4.69, 9.17) is 10.5 Å². The molecule has 0 saturated heterocycles. The van der Waals surface area contributed by atoms with Crippen molar-refractivity contribution in [2.24, 2.45) is 5.73 Å². The van der Waals surface area contributed by atoms with E-state index in [2.05, 4.69) is 15.3 Å². The molecule has 0 bridgehead atoms. The molecule has 114 valence electrons. The summed E-state index contributed by atoms with van der Waals surface area (Å²) in [6.45, 7) is 1.85. The second-order valence-corrected chi connectivity index (χ2v) is 4.95. The van der Waals surface area contributed by atoms with Gasteiger partial charge in [0.05, 0.1) is 12.9 Å². The molecule has 0 unspecified atom stereocenters. The Labute approximate surface area is 121 Å². The quantitative estimate of drug-likeness (QED) is 0.664. The highest BCUT2D eigenvalue weighted by Gasteiger charge is 2.41. The summed E-state index contributed by atoms with van der Waals surface area (Å²) in [5.74, 6) is -1.85. The summed E-state index contributed by atoms with van der Waals surface area (Å²) in [6, 6.07) is 0. The number of carbonyl (C=O) groups excluding carboxylic acids is 3. The van der Waals surface area contributed by atoms with Crippen LogP contribution >= 0.6 is 0 Å². The van der Waals surface area contributed by atoms with Crippen molar-refractivity contribution in [3.05, 3.63) is 17.7 Å². The largest absolute Gasteiger partial charge is 0.461 e. The Morgan fingerprint density at radius 1 is 1.43 bits per heavy atom. The lowest BCUT2D eigenvalue weighted by Gasteiger charge is -2.26. The van der Waals surface area contributed by atoms with Crippen LogP contribution in [0.4, 0.5) is 0 Å². The number of nitrogens with one attached hydrogen (secondary N) is 2. The van der Waals surface area contributed by atoms with Crippen LogP contribution in [-0.4, -0.2) is 39.9 Å². The lowest BCUT2D eigenvalue weighted by atomic mass is 9.96. The number of rotatable bonds is 5. The van der Waals surface area contributed by atoms with Gasteiger partial charge in [-0.15, -0.1) is 0 Å². The molecule has 8 nitrogen and oxygen atoms in total. The maximum absolute atomic E-state index is 12.3. The molecule has 1 heterocycles. The van der Waals surface area contributed by atoms with Gasteiger partial charge >= 0.3 is 5.97 Å². The number of H-pyrrole nitrogens is 1. The average molecular weight is 294 g/mol. The molecule has 21 heavy (non-hydrogen) atoms. The molecule has 2 amide bonds. The minimum atomic E-state index is -1.05. The van der Waals surface area contributed by atoms with E-state index in [-0.39, 0.29) is 18.0 Å². The van der Waals surface area contributed by atoms with E-state index >= 15 is 0 Å². The molecule has 1 aliphatic rings. The number of ether oxygens (including phenoxy) is 1. The number of primary amides is 1. The summed E-state index contributed by atoms with van der Waals surface area (Å²) in [4.78, 5) is 42.1. The molecule has 0 atom stereocenters. The summed E-state index contributed by atoms with van der Waals surface area (Å²) in [7, 11) is 0. The van der Waals surface area contributed by atoms with Gasteiger partial charge in [-0.2, -0.15) is 0 Å². The topological polar surface area (TPSA) is 127 Å². The number of esters is 1. The van der Waals surface area contributed by atoms with Crippen molar-refractivity contribution in [2.45, 2.75) is 38.1 Å². The maximum atomic E-state index is 12.3. The van der Waals surface area contributed by atoms with Gasteiger partial charge in [-0.3, -0.25) is 9.59 Å². The van der Waals surface area contributed by atoms with Crippen LogP contribution < -0.4 is 11.1 Å². The smallest absolute Gasteiger partial charge is 0.357 e. The van der Waals surface area contributed by atoms with Crippen LogP contribution in [-0.2, 0) is 9.53 Å². The number of hydrogen-bond acceptors (Lipinski definition) is 5. The Hall–Kier alpha value is -2.38. The Morgan fingerprint density at radius 2 is 2.10 bits per heavy atom. The minimum absolute atomic E-state index is 0.0352. The van der Waals surface area contributed by atoms with Crippen molar-refractivity contribution >= 4 is 17.8 Å². The average Bonchev–Trinajstić information content (AvgIpc) is 3.08. The first-order chi connectivity index (χ1) is 10.00. The van der Waals surface area contributed by atoms with Gasteiger partial charge in [0.25, 0.3) is 5.91 Å². The van der Waals surface area contributed by atoms with E-state index in [9.17, 15) is 14.4 Å². The molecule has 0 spiro atoms. The fourth-order valence-electron chi connectivity index (χ4n) is 2.51. The first-order valence-corrected chi connectivity index (χ1v) is 6.83. The van der Waals surface area contributed by atoms with Crippen LogP contribution in [0.1, 0.15) is 53.6 Å². The highest BCUT2D eigenvalue weighted by atomic mass is 16.5. The zero-order valence-electron chi connectivity index (χ0n) is 11.8. The number of amides is 2. The fourth-order valence-corrected chi connectivity index (χ4v) is 2.51. The van der Waals surface area contributed by atoms with Crippen LogP contribution in [0.3, 0.4) is 0 Å². The number of aromatic nitrogens is 2. The van der Waals surface area contributed by atoms with E-state index in [1.165, 1.54) is 6.33 Å². The Balaban J connectivity index is 2.19. The molecule has 1 fully saturated rings. The first-order valence-electron chi connectivity index (χ1n) is 6.83. The van der Waals surface area contributed by atoms with Crippen molar-refractivity contribution in [3.63, 3.8) is 0 Å². The molecule has 2 rings (SSSR count). The van der Waals surface area contributed by atoms with Crippen LogP contribution in [0, 0.1) is 0 Å². The number of carbonyl (C=O) groups is 3. The number of nitrogens with zero attached hydrogens (tertiary/aromatic N) is 1. The van der Waals surface area contributed by atoms with Crippen LogP contribution in [0.5, 0.6) is 0 Å². The zero-order valence-corrected chi connectivity index (χ0v) is 11.8. The highest BCUT2D eigenvalue weighted by molar-refractivity contribution is 6.04. The molecule has 0 aliphatic heterocycles. The predicted molar refractivity (Wildman–Crippen MR) is 72.4 cm³/mol. The van der Waals surface area contributed by atoms with E-state index < -0.39 is 23.3 Å². The monoisotopic (exact) mass is 294 g/mol. The summed E-state index contributed by atoms with van der Waals surface area (Å²) >= 11 is 0. The molecule has 1 aromatic heterocycles. The number of nitrogens with two attached hydrogens (primary N) is 1. The van der Waals surface area contributed by atoms with E-state index in [0.29, 0.717) is 12.8 Å². The lowest BCUT2D eigenvalue weighted by molar-refractivity contribution is -0.123. The van der Waals surface area contributed by atoms with Crippen molar-refractivity contribution in [3.8, 4) is 0 Å². The highest BCUT2D eigenvalue weighted by Crippen LogP contribution is 2.29. The van der Waals surface area contributed by atoms with Gasteiger partial charge in [-0.25, -0.2) is 9.78 Å². The van der Waals surface area contributed by atoms with E-state index in [0.717, 1.165) is 12.8 Å². The van der Waals surface area contributed by atoms with Gasteiger partial charge in [-0.1, -0.05) is 12.8 Å². The minimum Gasteiger partial charge on any atom is -0.461 e. The van der Waals surface area contributed by atoms with Gasteiger partial charge < -0.3 is 20.8 Å². The lowest BCUT2D eigenvalue weighted by Crippen LogP contribution is -2.55. The van der Waals surface area contributed by atoms with Crippen LogP contribution in [0.25, 0.3) is 0 Å². The summed E-state index contributed by atoms with van der Waals surface area (Å²) < 4.78 is 4.84. The summed E-state index contributed by atoms with van der Waals surface area (Å²) in [5, 5.41) is 2.63. The second kappa shape index (κ2) is 5.94. The Kier molecular flexibility index (Phi) is 4.25. The third-order valence-electron chi connectivity index (χ3n) is 3.62. The van der Waals surface area contributed by atoms with Gasteiger partial charge in [-0.05, 0) is 19.8 Å². The molecular formula is C13H18N4O4. The molecule has 1 saturated carbocycles. The molecule has 1 aliphatic carbocycles. The van der Waals surface area contributed by atoms with E-state index in [1.807, 2.05) is 0 Å². The third-order valence-corrected chi connectivity index (χ3v) is 3.62. The molecule has 0 radical (unpaired) electrons. The standard InChI is InChI=1S/C13H18N4O4/c1-2-21-11(19)9-8(15-7-16-9)10(18)17-13(12(14)20)5-3-4-6-13/h7H,2-6H2,1H3,(H2,14,20)(H,15,16)(H,17,18). The SMILES string of the molecule is CCOC(=O)c1[nH]cnc1C(=O)NC1(C(N)=O)CCCC1. The molecule has 0 aromatic carbocycles. The van der Waals surface area contributed by atoms with Gasteiger partial charge in [0.15, 0.2) is 11.4 Å². The predicted octanol–water partition coefficient (Wildman–Crippen LogP) is 0.114. The van der Waals surface area contributed by atoms with Crippen molar-refractivity contribution in [1.82, 2.24) is 15.3 Å². The van der Waals surface area contributed by atoms with Gasteiger partial charge in [0.1, 0.15) is 5.54 Å². The summed E-state index contributed by atoms with van der Waals surface area (Å²) in [5.41, 5.74) is 4.22. The second-order valence-electron chi connectivity index (χ2n) is 4.95. The van der Waals surface area contributed by atoms with Gasteiger partial charge in [0.2, 0.25) is 5.91 Å². The van der Waals surface area contributed by atoms with Crippen LogP contribution in [0.2, 0.25) is 0 Å². The zero-order chi connectivity index (χ0) is 15.5. The summed E-state index contributed by atoms with van der Waals surface area (Å²) in [6.07, 6.45) is 3.84. The molecule has 8 heteroatoms. The first kappa shape index (κ1) is 15.0. The maximum Gasteiger partial charge on any atom is 0.357 e. The third kappa shape index (κ3) is 2.88. The van der Waals surface area contributed by atoms with Gasteiger partial charge in [0, 0.05) is 0 Å². The Bertz CT molecular complexity index is 560.